The number of nitrogens with one attached hydrogen (secondary N) is 1. The minimum absolute atomic E-state index is 0.117. The Kier molecular flexibility index (Phi) is 6.46. The first-order valence-electron chi connectivity index (χ1n) is 8.93. The standard InChI is InChI=1S/C22H23NO4S/c1-27-19-12-14-20(15-13-19)28(25,26)23-21(16-17-8-4-2-5-9-17)22(24)18-10-6-3-7-11-18/h2-15,21-24H,16H2,1H3/t21-,22+/m0/s1. The number of aliphatic hydroxyl groups is 1. The van der Waals surface area contributed by atoms with Gasteiger partial charge in [-0.05, 0) is 41.8 Å². The first kappa shape index (κ1) is 20.1. The highest BCUT2D eigenvalue weighted by molar-refractivity contribution is 7.89. The van der Waals surface area contributed by atoms with Crippen molar-refractivity contribution in [1.82, 2.24) is 4.72 Å². The van der Waals surface area contributed by atoms with Gasteiger partial charge in [0.05, 0.1) is 24.2 Å². The number of aliphatic hydroxyl groups excluding tert-OH is 1. The van der Waals surface area contributed by atoms with Crippen LogP contribution in [0.5, 0.6) is 5.75 Å². The van der Waals surface area contributed by atoms with Crippen molar-refractivity contribution in [2.75, 3.05) is 7.11 Å². The summed E-state index contributed by atoms with van der Waals surface area (Å²) in [6.07, 6.45) is -0.638. The van der Waals surface area contributed by atoms with Gasteiger partial charge in [0.2, 0.25) is 10.0 Å². The van der Waals surface area contributed by atoms with Crippen LogP contribution in [-0.4, -0.2) is 26.7 Å². The third-order valence-electron chi connectivity index (χ3n) is 4.50. The first-order valence-corrected chi connectivity index (χ1v) is 10.4. The molecule has 0 heterocycles. The molecule has 2 N–H and O–H groups in total. The van der Waals surface area contributed by atoms with Crippen molar-refractivity contribution in [3.05, 3.63) is 96.1 Å². The molecule has 0 aliphatic carbocycles. The molecule has 0 spiro atoms. The maximum Gasteiger partial charge on any atom is 0.240 e. The predicted molar refractivity (Wildman–Crippen MR) is 109 cm³/mol. The van der Waals surface area contributed by atoms with Crippen LogP contribution < -0.4 is 9.46 Å². The Morgan fingerprint density at radius 3 is 2.04 bits per heavy atom. The number of hydrogen-bond donors (Lipinski definition) is 2. The second kappa shape index (κ2) is 9.01. The largest absolute Gasteiger partial charge is 0.497 e. The summed E-state index contributed by atoms with van der Waals surface area (Å²) in [4.78, 5) is 0.117. The SMILES string of the molecule is COc1ccc(S(=O)(=O)N[C@@H](Cc2ccccc2)[C@H](O)c2ccccc2)cc1. The number of benzene rings is 3. The van der Waals surface area contributed by atoms with E-state index >= 15 is 0 Å². The summed E-state index contributed by atoms with van der Waals surface area (Å²) in [7, 11) is -2.30. The van der Waals surface area contributed by atoms with E-state index in [-0.39, 0.29) is 4.90 Å². The molecule has 6 heteroatoms. The van der Waals surface area contributed by atoms with E-state index < -0.39 is 22.2 Å². The molecule has 0 aliphatic rings. The molecule has 5 nitrogen and oxygen atoms in total. The van der Waals surface area contributed by atoms with Crippen LogP contribution in [0.15, 0.2) is 89.8 Å². The molecule has 3 rings (SSSR count). The second-order valence-corrected chi connectivity index (χ2v) is 8.16. The van der Waals surface area contributed by atoms with Gasteiger partial charge in [0.1, 0.15) is 5.75 Å². The molecular weight excluding hydrogens is 374 g/mol. The summed E-state index contributed by atoms with van der Waals surface area (Å²) in [5.41, 5.74) is 1.58. The summed E-state index contributed by atoms with van der Waals surface area (Å²) in [5.74, 6) is 0.573. The third-order valence-corrected chi connectivity index (χ3v) is 6.00. The van der Waals surface area contributed by atoms with E-state index in [4.69, 9.17) is 4.74 Å². The lowest BCUT2D eigenvalue weighted by molar-refractivity contribution is 0.138. The van der Waals surface area contributed by atoms with Gasteiger partial charge in [-0.15, -0.1) is 0 Å². The molecule has 3 aromatic rings. The Bertz CT molecular complexity index is 974. The zero-order valence-corrected chi connectivity index (χ0v) is 16.3. The van der Waals surface area contributed by atoms with Crippen LogP contribution >= 0.6 is 0 Å². The monoisotopic (exact) mass is 397 g/mol. The Morgan fingerprint density at radius 2 is 1.46 bits per heavy atom. The van der Waals surface area contributed by atoms with Crippen molar-refractivity contribution in [2.45, 2.75) is 23.5 Å². The van der Waals surface area contributed by atoms with Gasteiger partial charge in [-0.2, -0.15) is 0 Å². The number of ether oxygens (including phenoxy) is 1. The number of sulfonamides is 1. The van der Waals surface area contributed by atoms with Crippen LogP contribution in [0.1, 0.15) is 17.2 Å². The van der Waals surface area contributed by atoms with Crippen molar-refractivity contribution in [2.24, 2.45) is 0 Å². The molecule has 28 heavy (non-hydrogen) atoms. The van der Waals surface area contributed by atoms with E-state index in [9.17, 15) is 13.5 Å². The van der Waals surface area contributed by atoms with E-state index in [0.717, 1.165) is 5.56 Å². The van der Waals surface area contributed by atoms with Gasteiger partial charge in [0.25, 0.3) is 0 Å². The zero-order valence-electron chi connectivity index (χ0n) is 15.5. The first-order chi connectivity index (χ1) is 13.5. The van der Waals surface area contributed by atoms with Crippen LogP contribution in [0.3, 0.4) is 0 Å². The Morgan fingerprint density at radius 1 is 0.893 bits per heavy atom. The van der Waals surface area contributed by atoms with Crippen molar-refractivity contribution >= 4 is 10.0 Å². The van der Waals surface area contributed by atoms with Crippen LogP contribution in [0.25, 0.3) is 0 Å². The lowest BCUT2D eigenvalue weighted by Crippen LogP contribution is -2.40. The summed E-state index contributed by atoms with van der Waals surface area (Å²) < 4.78 is 33.6. The molecule has 0 unspecified atom stereocenters. The highest BCUT2D eigenvalue weighted by Crippen LogP contribution is 2.23. The Hall–Kier alpha value is -2.67. The molecule has 2 atom stereocenters. The van der Waals surface area contributed by atoms with Crippen molar-refractivity contribution < 1.29 is 18.3 Å². The summed E-state index contributed by atoms with van der Waals surface area (Å²) in [6, 6.07) is 24.0. The molecule has 0 radical (unpaired) electrons. The van der Waals surface area contributed by atoms with E-state index in [1.54, 1.807) is 24.3 Å². The van der Waals surface area contributed by atoms with Crippen molar-refractivity contribution in [3.8, 4) is 5.75 Å². The summed E-state index contributed by atoms with van der Waals surface area (Å²) >= 11 is 0. The van der Waals surface area contributed by atoms with Gasteiger partial charge >= 0.3 is 0 Å². The van der Waals surface area contributed by atoms with E-state index in [1.807, 2.05) is 48.5 Å². The summed E-state index contributed by atoms with van der Waals surface area (Å²) in [6.45, 7) is 0. The molecule has 3 aromatic carbocycles. The predicted octanol–water partition coefficient (Wildman–Crippen LogP) is 3.32. The van der Waals surface area contributed by atoms with Crippen molar-refractivity contribution in [1.29, 1.82) is 0 Å². The average Bonchev–Trinajstić information content (AvgIpc) is 2.74. The molecule has 0 aliphatic heterocycles. The van der Waals surface area contributed by atoms with Crippen LogP contribution in [0, 0.1) is 0 Å². The summed E-state index contributed by atoms with van der Waals surface area (Å²) in [5, 5.41) is 10.9. The van der Waals surface area contributed by atoms with Gasteiger partial charge in [-0.1, -0.05) is 60.7 Å². The molecular formula is C22H23NO4S. The molecule has 0 amide bonds. The highest BCUT2D eigenvalue weighted by Gasteiger charge is 2.27. The lowest BCUT2D eigenvalue weighted by Gasteiger charge is -2.25. The van der Waals surface area contributed by atoms with Gasteiger partial charge in [0, 0.05) is 0 Å². The van der Waals surface area contributed by atoms with Crippen molar-refractivity contribution in [3.63, 3.8) is 0 Å². The highest BCUT2D eigenvalue weighted by atomic mass is 32.2. The zero-order chi connectivity index (χ0) is 20.0. The fraction of sp³-hybridized carbons (Fsp3) is 0.182. The fourth-order valence-electron chi connectivity index (χ4n) is 2.99. The second-order valence-electron chi connectivity index (χ2n) is 6.45. The molecule has 0 aromatic heterocycles. The quantitative estimate of drug-likeness (QED) is 0.611. The topological polar surface area (TPSA) is 75.6 Å². The smallest absolute Gasteiger partial charge is 0.240 e. The van der Waals surface area contributed by atoms with Gasteiger partial charge < -0.3 is 9.84 Å². The number of rotatable bonds is 8. The minimum atomic E-state index is -3.82. The normalized spacial score (nSPS) is 13.6. The van der Waals surface area contributed by atoms with Gasteiger partial charge in [0.15, 0.2) is 0 Å². The number of hydrogen-bond acceptors (Lipinski definition) is 4. The fourth-order valence-corrected chi connectivity index (χ4v) is 4.23. The van der Waals surface area contributed by atoms with Crippen LogP contribution in [0.4, 0.5) is 0 Å². The van der Waals surface area contributed by atoms with Gasteiger partial charge in [-0.3, -0.25) is 0 Å². The van der Waals surface area contributed by atoms with E-state index in [2.05, 4.69) is 4.72 Å². The number of methoxy groups -OCH3 is 1. The Labute approximate surface area is 165 Å². The van der Waals surface area contributed by atoms with E-state index in [0.29, 0.717) is 17.7 Å². The van der Waals surface area contributed by atoms with Crippen LogP contribution in [0.2, 0.25) is 0 Å². The molecule has 0 bridgehead atoms. The average molecular weight is 397 g/mol. The lowest BCUT2D eigenvalue weighted by atomic mass is 9.97. The Balaban J connectivity index is 1.89. The molecule has 0 fully saturated rings. The van der Waals surface area contributed by atoms with Gasteiger partial charge in [-0.25, -0.2) is 13.1 Å². The third kappa shape index (κ3) is 4.98. The van der Waals surface area contributed by atoms with E-state index in [1.165, 1.54) is 19.2 Å². The maximum atomic E-state index is 12.9. The maximum absolute atomic E-state index is 12.9. The minimum Gasteiger partial charge on any atom is -0.497 e. The van der Waals surface area contributed by atoms with Crippen LogP contribution in [-0.2, 0) is 16.4 Å². The molecule has 146 valence electrons. The molecule has 0 saturated carbocycles. The molecule has 0 saturated heterocycles.